The minimum Gasteiger partial charge on any atom is -0.356 e. The maximum Gasteiger partial charge on any atom is 0.284 e. The number of rotatable bonds is 7. The highest BCUT2D eigenvalue weighted by molar-refractivity contribution is 6.08. The zero-order chi connectivity index (χ0) is 27.0. The van der Waals surface area contributed by atoms with E-state index in [1.54, 1.807) is 17.1 Å². The summed E-state index contributed by atoms with van der Waals surface area (Å²) in [4.78, 5) is 22.5. The van der Waals surface area contributed by atoms with Gasteiger partial charge in [0.25, 0.3) is 12.3 Å². The normalized spacial score (nSPS) is 21.2. The monoisotopic (exact) mass is 530 g/mol. The largest absolute Gasteiger partial charge is 0.356 e. The summed E-state index contributed by atoms with van der Waals surface area (Å²) in [5.41, 5.74) is 0.267. The molecule has 1 saturated carbocycles. The first-order chi connectivity index (χ1) is 18.2. The van der Waals surface area contributed by atoms with Gasteiger partial charge in [-0.15, -0.1) is 0 Å². The second kappa shape index (κ2) is 11.0. The molecule has 0 aromatic carbocycles. The molecule has 3 aromatic heterocycles. The third kappa shape index (κ3) is 5.39. The quantitative estimate of drug-likeness (QED) is 0.448. The highest BCUT2D eigenvalue weighted by atomic mass is 19.3. The average molecular weight is 531 g/mol. The Balaban J connectivity index is 0.00000353. The number of carbonyl (C=O) groups is 1. The topological polar surface area (TPSA) is 83.6 Å². The molecule has 0 bridgehead atoms. The Morgan fingerprint density at radius 3 is 2.47 bits per heavy atom. The van der Waals surface area contributed by atoms with Gasteiger partial charge in [0.2, 0.25) is 0 Å². The minimum absolute atomic E-state index is 0. The van der Waals surface area contributed by atoms with E-state index in [9.17, 15) is 13.6 Å². The van der Waals surface area contributed by atoms with Crippen LogP contribution in [0, 0.1) is 11.8 Å². The molecule has 1 amide bonds. The number of aromatic nitrogens is 5. The molecule has 0 unspecified atom stereocenters. The number of carbonyl (C=O) groups excluding carboxylic acids is 1. The predicted molar refractivity (Wildman–Crippen MR) is 145 cm³/mol. The Morgan fingerprint density at radius 1 is 1.13 bits per heavy atom. The highest BCUT2D eigenvalue weighted by Gasteiger charge is 2.29. The van der Waals surface area contributed by atoms with Crippen molar-refractivity contribution >= 4 is 23.1 Å². The molecule has 5 rings (SSSR count). The van der Waals surface area contributed by atoms with Gasteiger partial charge in [-0.3, -0.25) is 9.48 Å². The molecule has 38 heavy (non-hydrogen) atoms. The molecule has 1 aliphatic heterocycles. The summed E-state index contributed by atoms with van der Waals surface area (Å²) in [6.45, 7) is 6.20. The van der Waals surface area contributed by atoms with Gasteiger partial charge in [0.15, 0.2) is 11.3 Å². The van der Waals surface area contributed by atoms with Crippen LogP contribution in [0.2, 0.25) is 0 Å². The van der Waals surface area contributed by atoms with Crippen LogP contribution in [0.1, 0.15) is 82.3 Å². The van der Waals surface area contributed by atoms with Crippen molar-refractivity contribution < 1.29 is 15.0 Å². The Morgan fingerprint density at radius 2 is 1.84 bits per heavy atom. The summed E-state index contributed by atoms with van der Waals surface area (Å²) < 4.78 is 30.9. The van der Waals surface area contributed by atoms with Crippen molar-refractivity contribution in [3.63, 3.8) is 0 Å². The second-order valence-corrected chi connectivity index (χ2v) is 11.3. The molecule has 4 heterocycles. The third-order valence-corrected chi connectivity index (χ3v) is 8.39. The molecule has 208 valence electrons. The van der Waals surface area contributed by atoms with Crippen LogP contribution >= 0.6 is 0 Å². The van der Waals surface area contributed by atoms with Gasteiger partial charge in [-0.25, -0.2) is 18.3 Å². The van der Waals surface area contributed by atoms with Crippen molar-refractivity contribution in [3.05, 3.63) is 35.9 Å². The number of alkyl halides is 2. The number of halogens is 2. The van der Waals surface area contributed by atoms with Gasteiger partial charge >= 0.3 is 0 Å². The van der Waals surface area contributed by atoms with Gasteiger partial charge in [-0.05, 0) is 70.5 Å². The fraction of sp³-hybridized carbons (Fsp3) is 0.630. The number of amides is 1. The van der Waals surface area contributed by atoms with Crippen molar-refractivity contribution in [3.8, 4) is 0 Å². The zero-order valence-electron chi connectivity index (χ0n) is 22.6. The molecule has 1 aliphatic carbocycles. The summed E-state index contributed by atoms with van der Waals surface area (Å²) in [5, 5.41) is 11.1. The van der Waals surface area contributed by atoms with Gasteiger partial charge in [0.1, 0.15) is 11.4 Å². The lowest BCUT2D eigenvalue weighted by Gasteiger charge is -2.35. The van der Waals surface area contributed by atoms with Crippen molar-refractivity contribution in [2.75, 3.05) is 37.4 Å². The van der Waals surface area contributed by atoms with E-state index in [2.05, 4.69) is 53.3 Å². The Hall–Kier alpha value is -3.08. The van der Waals surface area contributed by atoms with Crippen molar-refractivity contribution in [2.24, 2.45) is 11.8 Å². The molecule has 1 N–H and O–H groups in total. The van der Waals surface area contributed by atoms with Crippen LogP contribution in [0.3, 0.4) is 0 Å². The lowest BCUT2D eigenvalue weighted by atomic mass is 9.80. The minimum atomic E-state index is -2.79. The van der Waals surface area contributed by atoms with Crippen molar-refractivity contribution in [1.29, 1.82) is 0 Å². The molecule has 0 radical (unpaired) electrons. The van der Waals surface area contributed by atoms with Crippen LogP contribution in [-0.4, -0.2) is 68.4 Å². The van der Waals surface area contributed by atoms with Crippen molar-refractivity contribution in [2.45, 2.75) is 70.9 Å². The molecular formula is C27H40F2N8O. The van der Waals surface area contributed by atoms with Gasteiger partial charge in [0.05, 0.1) is 17.9 Å². The van der Waals surface area contributed by atoms with E-state index in [4.69, 9.17) is 4.98 Å². The maximum atomic E-state index is 13.9. The van der Waals surface area contributed by atoms with Gasteiger partial charge < -0.3 is 15.1 Å². The third-order valence-electron chi connectivity index (χ3n) is 8.39. The lowest BCUT2D eigenvalue weighted by Crippen LogP contribution is -2.42. The van der Waals surface area contributed by atoms with Crippen LogP contribution < -0.4 is 10.2 Å². The molecule has 2 aliphatic rings. The Labute approximate surface area is 223 Å². The number of fused-ring (bicyclic) bond motifs is 1. The molecule has 9 nitrogen and oxygen atoms in total. The Kier molecular flexibility index (Phi) is 7.65. The number of anilines is 2. The lowest BCUT2D eigenvalue weighted by molar-refractivity contribution is 0.102. The van der Waals surface area contributed by atoms with E-state index >= 15 is 0 Å². The SMILES string of the molecule is CC(C)C1CCC(n2cc(NC(=O)c3cnn4ccc(N5CCC(N(C)C)CC5)nc34)c(C(F)F)n2)CC1.[HH]. The first kappa shape index (κ1) is 26.5. The zero-order valence-corrected chi connectivity index (χ0v) is 22.6. The van der Waals surface area contributed by atoms with E-state index in [0.717, 1.165) is 57.4 Å². The average Bonchev–Trinajstić information content (AvgIpc) is 3.53. The smallest absolute Gasteiger partial charge is 0.284 e. The maximum absolute atomic E-state index is 13.9. The Bertz CT molecular complexity index is 1260. The fourth-order valence-electron chi connectivity index (χ4n) is 5.88. The van der Waals surface area contributed by atoms with E-state index in [0.29, 0.717) is 23.5 Å². The first-order valence-corrected chi connectivity index (χ1v) is 13.7. The number of nitrogens with one attached hydrogen (secondary N) is 1. The summed E-state index contributed by atoms with van der Waals surface area (Å²) in [6, 6.07) is 2.50. The molecule has 0 atom stereocenters. The van der Waals surface area contributed by atoms with Crippen LogP contribution in [0.4, 0.5) is 20.3 Å². The molecule has 1 saturated heterocycles. The molecule has 0 spiro atoms. The van der Waals surface area contributed by atoms with Gasteiger partial charge in [-0.2, -0.15) is 10.2 Å². The van der Waals surface area contributed by atoms with E-state index < -0.39 is 18.0 Å². The van der Waals surface area contributed by atoms with Crippen LogP contribution in [0.25, 0.3) is 5.65 Å². The number of hydrogen-bond acceptors (Lipinski definition) is 6. The standard InChI is InChI=1S/C27H38F2N8O.H2/c1-17(2)18-5-7-20(8-6-18)37-16-22(24(33-37)25(28)29)31-27(38)21-15-30-36-14-11-23(32-26(21)36)35-12-9-19(10-13-35)34(3)4;/h11,14-20,25H,5-10,12-13H2,1-4H3,(H,31,38);1H. The van der Waals surface area contributed by atoms with E-state index in [1.807, 2.05) is 6.07 Å². The highest BCUT2D eigenvalue weighted by Crippen LogP contribution is 2.37. The van der Waals surface area contributed by atoms with Crippen LogP contribution in [-0.2, 0) is 0 Å². The molecule has 2 fully saturated rings. The van der Waals surface area contributed by atoms with Crippen LogP contribution in [0.5, 0.6) is 0 Å². The second-order valence-electron chi connectivity index (χ2n) is 11.3. The first-order valence-electron chi connectivity index (χ1n) is 13.7. The van der Waals surface area contributed by atoms with E-state index in [-0.39, 0.29) is 18.7 Å². The number of piperidine rings is 1. The summed E-state index contributed by atoms with van der Waals surface area (Å²) >= 11 is 0. The number of nitrogens with zero attached hydrogens (tertiary/aromatic N) is 7. The molecular weight excluding hydrogens is 490 g/mol. The van der Waals surface area contributed by atoms with Gasteiger partial charge in [-0.1, -0.05) is 13.8 Å². The van der Waals surface area contributed by atoms with E-state index in [1.165, 1.54) is 10.7 Å². The summed E-state index contributed by atoms with van der Waals surface area (Å²) in [7, 11) is 4.20. The predicted octanol–water partition coefficient (Wildman–Crippen LogP) is 5.28. The van der Waals surface area contributed by atoms with Gasteiger partial charge in [0, 0.05) is 33.0 Å². The molecule has 3 aromatic rings. The summed E-state index contributed by atoms with van der Waals surface area (Å²) in [5.74, 6) is 1.52. The van der Waals surface area contributed by atoms with Crippen molar-refractivity contribution in [1.82, 2.24) is 29.3 Å². The molecule has 11 heteroatoms. The summed E-state index contributed by atoms with van der Waals surface area (Å²) in [6.07, 6.45) is 7.94. The fourth-order valence-corrected chi connectivity index (χ4v) is 5.88. The van der Waals surface area contributed by atoms with Crippen LogP contribution in [0.15, 0.2) is 24.7 Å². The number of hydrogen-bond donors (Lipinski definition) is 1.